The molecule has 46 heavy (non-hydrogen) atoms. The molecule has 1 aromatic carbocycles. The molecule has 4 rings (SSSR count). The largest absolute Gasteiger partial charge is 0.493 e. The number of hydrogen-bond acceptors (Lipinski definition) is 11. The lowest BCUT2D eigenvalue weighted by atomic mass is 9.91. The van der Waals surface area contributed by atoms with Crippen molar-refractivity contribution in [1.82, 2.24) is 10.3 Å². The molecule has 1 aliphatic heterocycles. The summed E-state index contributed by atoms with van der Waals surface area (Å²) in [4.78, 5) is 69.8. The van der Waals surface area contributed by atoms with Gasteiger partial charge in [-0.3, -0.25) is 19.2 Å². The summed E-state index contributed by atoms with van der Waals surface area (Å²) in [5, 5.41) is 2.49. The van der Waals surface area contributed by atoms with Crippen molar-refractivity contribution in [1.29, 1.82) is 0 Å². The van der Waals surface area contributed by atoms with E-state index in [0.29, 0.717) is 12.3 Å². The number of ether oxygens (including phenoxy) is 5. The molecule has 1 saturated heterocycles. The van der Waals surface area contributed by atoms with Gasteiger partial charge in [-0.2, -0.15) is 0 Å². The maximum atomic E-state index is 13.5. The molecule has 2 aliphatic rings. The molecule has 1 amide bonds. The number of esters is 4. The predicted octanol–water partition coefficient (Wildman–Crippen LogP) is 3.98. The lowest BCUT2D eigenvalue weighted by molar-refractivity contribution is -0.176. The van der Waals surface area contributed by atoms with E-state index < -0.39 is 66.5 Å². The first-order valence-corrected chi connectivity index (χ1v) is 15.7. The van der Waals surface area contributed by atoms with Crippen LogP contribution < -0.4 is 14.8 Å². The Morgan fingerprint density at radius 2 is 1.76 bits per heavy atom. The average molecular weight is 639 g/mol. The molecule has 0 bridgehead atoms. The van der Waals surface area contributed by atoms with Crippen molar-refractivity contribution in [3.8, 4) is 11.5 Å². The molecule has 1 aliphatic carbocycles. The SMILES string of the molecule is COc1ccnc(C(=O)NC2COC(=O)C(Cc3ccccc3)C(OC(=O)C(C)C)C(C)OC2=O)c1OC(=O)CCC1CCCC1. The number of nitrogens with one attached hydrogen (secondary N) is 1. The van der Waals surface area contributed by atoms with E-state index >= 15 is 0 Å². The number of nitrogens with zero attached hydrogens (tertiary/aromatic N) is 1. The smallest absolute Gasteiger partial charge is 0.332 e. The number of aromatic nitrogens is 1. The number of hydrogen-bond donors (Lipinski definition) is 1. The summed E-state index contributed by atoms with van der Waals surface area (Å²) in [7, 11) is 1.36. The van der Waals surface area contributed by atoms with E-state index in [2.05, 4.69) is 10.3 Å². The minimum atomic E-state index is -1.45. The Bertz CT molecular complexity index is 1390. The summed E-state index contributed by atoms with van der Waals surface area (Å²) in [6.45, 7) is 4.25. The van der Waals surface area contributed by atoms with E-state index in [0.717, 1.165) is 31.2 Å². The van der Waals surface area contributed by atoms with E-state index in [9.17, 15) is 24.0 Å². The van der Waals surface area contributed by atoms with Crippen LogP contribution in [0.15, 0.2) is 42.6 Å². The molecule has 2 heterocycles. The summed E-state index contributed by atoms with van der Waals surface area (Å²) >= 11 is 0. The van der Waals surface area contributed by atoms with Crippen LogP contribution in [0, 0.1) is 17.8 Å². The summed E-state index contributed by atoms with van der Waals surface area (Å²) < 4.78 is 27.8. The molecule has 2 aromatic rings. The van der Waals surface area contributed by atoms with E-state index in [-0.39, 0.29) is 30.0 Å². The van der Waals surface area contributed by atoms with E-state index in [4.69, 9.17) is 23.7 Å². The van der Waals surface area contributed by atoms with Crippen LogP contribution >= 0.6 is 0 Å². The lowest BCUT2D eigenvalue weighted by Crippen LogP contribution is -2.47. The summed E-state index contributed by atoms with van der Waals surface area (Å²) in [6.07, 6.45) is 4.52. The van der Waals surface area contributed by atoms with Gasteiger partial charge in [0.25, 0.3) is 5.91 Å². The monoisotopic (exact) mass is 638 g/mol. The highest BCUT2D eigenvalue weighted by molar-refractivity contribution is 5.99. The Morgan fingerprint density at radius 1 is 1.04 bits per heavy atom. The zero-order valence-corrected chi connectivity index (χ0v) is 26.7. The van der Waals surface area contributed by atoms with E-state index in [1.54, 1.807) is 13.8 Å². The Morgan fingerprint density at radius 3 is 2.43 bits per heavy atom. The first-order valence-electron chi connectivity index (χ1n) is 15.7. The highest BCUT2D eigenvalue weighted by atomic mass is 16.6. The summed E-state index contributed by atoms with van der Waals surface area (Å²) in [6, 6.07) is 9.09. The van der Waals surface area contributed by atoms with Crippen molar-refractivity contribution in [3.63, 3.8) is 0 Å². The first kappa shape index (κ1) is 34.4. The molecule has 0 spiro atoms. The van der Waals surface area contributed by atoms with Gasteiger partial charge in [0.15, 0.2) is 23.6 Å². The van der Waals surface area contributed by atoms with Gasteiger partial charge < -0.3 is 29.0 Å². The standard InChI is InChI=1S/C34H42N2O10/c1-20(2)32(39)46-29-21(3)44-34(41)25(19-43-33(40)24(29)18-23-12-6-5-7-13-23)36-31(38)28-30(26(42-4)16-17-35-28)45-27(37)15-14-22-10-8-9-11-22/h5-7,12-13,16-17,20-22,24-25,29H,8-11,14-15,18-19H2,1-4H3,(H,36,38). The van der Waals surface area contributed by atoms with Crippen LogP contribution in [0.2, 0.25) is 0 Å². The van der Waals surface area contributed by atoms with Gasteiger partial charge in [0.05, 0.1) is 13.0 Å². The number of amides is 1. The van der Waals surface area contributed by atoms with Crippen molar-refractivity contribution >= 4 is 29.8 Å². The third-order valence-electron chi connectivity index (χ3n) is 8.22. The van der Waals surface area contributed by atoms with Gasteiger partial charge in [-0.1, -0.05) is 69.9 Å². The second-order valence-corrected chi connectivity index (χ2v) is 12.0. The molecule has 4 atom stereocenters. The highest BCUT2D eigenvalue weighted by Gasteiger charge is 2.42. The molecule has 1 N–H and O–H groups in total. The van der Waals surface area contributed by atoms with E-state index in [1.165, 1.54) is 26.3 Å². The van der Waals surface area contributed by atoms with E-state index in [1.807, 2.05) is 30.3 Å². The fourth-order valence-corrected chi connectivity index (χ4v) is 5.61. The fraction of sp³-hybridized carbons (Fsp3) is 0.529. The fourth-order valence-electron chi connectivity index (χ4n) is 5.61. The normalized spacial score (nSPS) is 22.1. The van der Waals surface area contributed by atoms with Crippen molar-refractivity contribution in [2.24, 2.45) is 17.8 Å². The Balaban J connectivity index is 1.53. The number of carbonyl (C=O) groups is 5. The minimum absolute atomic E-state index is 0.102. The van der Waals surface area contributed by atoms with Crippen LogP contribution in [0.25, 0.3) is 0 Å². The summed E-state index contributed by atoms with van der Waals surface area (Å²) in [5.41, 5.74) is 0.485. The van der Waals surface area contributed by atoms with Gasteiger partial charge in [-0.25, -0.2) is 9.78 Å². The first-order chi connectivity index (χ1) is 22.1. The quantitative estimate of drug-likeness (QED) is 0.281. The third-order valence-corrected chi connectivity index (χ3v) is 8.22. The molecule has 12 heteroatoms. The van der Waals surface area contributed by atoms with Crippen molar-refractivity contribution < 1.29 is 47.7 Å². The number of carbonyl (C=O) groups excluding carboxylic acids is 5. The molecule has 2 fully saturated rings. The number of cyclic esters (lactones) is 2. The second-order valence-electron chi connectivity index (χ2n) is 12.0. The van der Waals surface area contributed by atoms with Crippen molar-refractivity contribution in [2.75, 3.05) is 13.7 Å². The Labute approximate surface area is 268 Å². The second kappa shape index (κ2) is 16.2. The van der Waals surface area contributed by atoms with Crippen LogP contribution in [0.4, 0.5) is 0 Å². The number of pyridine rings is 1. The highest BCUT2D eigenvalue weighted by Crippen LogP contribution is 2.32. The van der Waals surface area contributed by atoms with Crippen LogP contribution in [-0.2, 0) is 39.8 Å². The molecule has 4 unspecified atom stereocenters. The zero-order valence-electron chi connectivity index (χ0n) is 26.7. The van der Waals surface area contributed by atoms with Crippen molar-refractivity contribution in [3.05, 3.63) is 53.9 Å². The van der Waals surface area contributed by atoms with Gasteiger partial charge in [-0.05, 0) is 31.2 Å². The molecule has 1 aromatic heterocycles. The number of rotatable bonds is 11. The zero-order chi connectivity index (χ0) is 33.2. The van der Waals surface area contributed by atoms with Gasteiger partial charge in [0, 0.05) is 18.7 Å². The summed E-state index contributed by atoms with van der Waals surface area (Å²) in [5.74, 6) is -4.77. The predicted molar refractivity (Wildman–Crippen MR) is 164 cm³/mol. The van der Waals surface area contributed by atoms with Crippen LogP contribution in [0.1, 0.15) is 75.3 Å². The molecular weight excluding hydrogens is 596 g/mol. The van der Waals surface area contributed by atoms with Crippen LogP contribution in [-0.4, -0.2) is 66.7 Å². The molecule has 0 radical (unpaired) electrons. The van der Waals surface area contributed by atoms with Gasteiger partial charge in [-0.15, -0.1) is 0 Å². The number of benzene rings is 1. The van der Waals surface area contributed by atoms with Gasteiger partial charge in [0.2, 0.25) is 5.75 Å². The Hall–Kier alpha value is -4.48. The van der Waals surface area contributed by atoms with Crippen molar-refractivity contribution in [2.45, 2.75) is 84.0 Å². The van der Waals surface area contributed by atoms with Crippen LogP contribution in [0.5, 0.6) is 11.5 Å². The molecule has 1 saturated carbocycles. The Kier molecular flexibility index (Phi) is 12.1. The maximum Gasteiger partial charge on any atom is 0.332 e. The molecule has 12 nitrogen and oxygen atoms in total. The minimum Gasteiger partial charge on any atom is -0.493 e. The third kappa shape index (κ3) is 9.04. The maximum absolute atomic E-state index is 13.5. The molecule has 248 valence electrons. The van der Waals surface area contributed by atoms with Gasteiger partial charge >= 0.3 is 23.9 Å². The van der Waals surface area contributed by atoms with Gasteiger partial charge in [0.1, 0.15) is 18.6 Å². The van der Waals surface area contributed by atoms with Crippen LogP contribution in [0.3, 0.4) is 0 Å². The molecular formula is C34H42N2O10. The topological polar surface area (TPSA) is 156 Å². The average Bonchev–Trinajstić information content (AvgIpc) is 3.57. The lowest BCUT2D eigenvalue weighted by Gasteiger charge is -2.29. The number of methoxy groups -OCH3 is 1.